The van der Waals surface area contributed by atoms with E-state index in [1.807, 2.05) is 35.2 Å². The van der Waals surface area contributed by atoms with E-state index in [2.05, 4.69) is 29.1 Å². The van der Waals surface area contributed by atoms with E-state index in [0.29, 0.717) is 38.9 Å². The Morgan fingerprint density at radius 2 is 1.78 bits per heavy atom. The molecule has 1 spiro atoms. The smallest absolute Gasteiger partial charge is 0.247 e. The van der Waals surface area contributed by atoms with Crippen LogP contribution in [0.15, 0.2) is 55.6 Å². The molecular formula is C32H42BrN3O4S. The van der Waals surface area contributed by atoms with Gasteiger partial charge in [0.05, 0.1) is 16.6 Å². The molecule has 1 N–H and O–H groups in total. The van der Waals surface area contributed by atoms with E-state index in [4.69, 9.17) is 0 Å². The second-order valence-electron chi connectivity index (χ2n) is 11.8. The van der Waals surface area contributed by atoms with Gasteiger partial charge in [0, 0.05) is 48.0 Å². The fourth-order valence-electron chi connectivity index (χ4n) is 7.67. The SMILES string of the molecule is C=CCN(C(=O)[C@H]1[C@@H]2SC3(CC2Br)C(C(=O)N(CC=C)C2CCCCC2)N(CCCCO)C(=O)[C@H]13)c1ccccc1. The summed E-state index contributed by atoms with van der Waals surface area (Å²) in [7, 11) is 0. The van der Waals surface area contributed by atoms with Crippen molar-refractivity contribution in [3.63, 3.8) is 0 Å². The molecule has 7 nitrogen and oxygen atoms in total. The van der Waals surface area contributed by atoms with Crippen molar-refractivity contribution in [1.29, 1.82) is 0 Å². The zero-order valence-corrected chi connectivity index (χ0v) is 26.1. The lowest BCUT2D eigenvalue weighted by Crippen LogP contribution is -2.57. The van der Waals surface area contributed by atoms with Crippen LogP contribution < -0.4 is 4.90 Å². The Morgan fingerprint density at radius 1 is 1.07 bits per heavy atom. The van der Waals surface area contributed by atoms with Crippen LogP contribution in [0.5, 0.6) is 0 Å². The highest BCUT2D eigenvalue weighted by molar-refractivity contribution is 9.09. The first-order valence-corrected chi connectivity index (χ1v) is 16.8. The standard InChI is InChI=1S/C32H42BrN3O4S/c1-3-17-34(22-13-7-5-8-14-22)29(38)25-26-30(39)36(19-11-12-20-37)28(32(26)21-24(33)27(25)41-32)31(40)35(18-4-2)23-15-9-6-10-16-23/h3-5,7-8,13-14,23-28,37H,1-2,6,9-12,15-21H2/t24?,25-,26+,27-,28?,32?/m1/s1. The minimum atomic E-state index is -0.683. The molecule has 41 heavy (non-hydrogen) atoms. The number of para-hydroxylation sites is 1. The molecule has 6 atom stereocenters. The number of thioether (sulfide) groups is 1. The van der Waals surface area contributed by atoms with E-state index >= 15 is 0 Å². The number of anilines is 1. The monoisotopic (exact) mass is 643 g/mol. The molecule has 3 unspecified atom stereocenters. The first-order valence-electron chi connectivity index (χ1n) is 15.0. The van der Waals surface area contributed by atoms with Crippen LogP contribution >= 0.6 is 27.7 Å². The molecule has 1 saturated carbocycles. The van der Waals surface area contributed by atoms with Crippen LogP contribution in [0.1, 0.15) is 51.4 Å². The highest BCUT2D eigenvalue weighted by Crippen LogP contribution is 2.68. The third kappa shape index (κ3) is 5.42. The van der Waals surface area contributed by atoms with Gasteiger partial charge in [0.25, 0.3) is 0 Å². The third-order valence-electron chi connectivity index (χ3n) is 9.39. The number of hydrogen-bond acceptors (Lipinski definition) is 5. The van der Waals surface area contributed by atoms with Crippen molar-refractivity contribution in [3.05, 3.63) is 55.6 Å². The van der Waals surface area contributed by atoms with Crippen LogP contribution in [-0.2, 0) is 14.4 Å². The Hall–Kier alpha value is -2.10. The molecule has 5 rings (SSSR count). The number of aliphatic hydroxyl groups is 1. The predicted octanol–water partition coefficient (Wildman–Crippen LogP) is 4.79. The van der Waals surface area contributed by atoms with Gasteiger partial charge in [-0.1, -0.05) is 65.5 Å². The number of halogens is 1. The zero-order chi connectivity index (χ0) is 29.1. The third-order valence-corrected chi connectivity index (χ3v) is 12.6. The molecule has 4 aliphatic rings. The topological polar surface area (TPSA) is 81.2 Å². The van der Waals surface area contributed by atoms with Gasteiger partial charge < -0.3 is 19.8 Å². The Kier molecular flexibility index (Phi) is 9.66. The van der Waals surface area contributed by atoms with E-state index in [1.165, 1.54) is 6.42 Å². The fourth-order valence-corrected chi connectivity index (χ4v) is 11.3. The highest BCUT2D eigenvalue weighted by Gasteiger charge is 2.76. The summed E-state index contributed by atoms with van der Waals surface area (Å²) in [4.78, 5) is 49.0. The first-order chi connectivity index (χ1) is 19.9. The summed E-state index contributed by atoms with van der Waals surface area (Å²) in [5, 5.41) is 9.38. The number of carbonyl (C=O) groups excluding carboxylic acids is 3. The number of nitrogens with zero attached hydrogens (tertiary/aromatic N) is 3. The average Bonchev–Trinajstić information content (AvgIpc) is 3.58. The minimum Gasteiger partial charge on any atom is -0.396 e. The number of unbranched alkanes of at least 4 members (excludes halogenated alkanes) is 1. The maximum absolute atomic E-state index is 14.7. The predicted molar refractivity (Wildman–Crippen MR) is 168 cm³/mol. The van der Waals surface area contributed by atoms with Crippen molar-refractivity contribution in [2.75, 3.05) is 31.1 Å². The first kappa shape index (κ1) is 30.4. The molecule has 3 saturated heterocycles. The number of rotatable bonds is 12. The maximum atomic E-state index is 14.7. The van der Waals surface area contributed by atoms with Gasteiger partial charge in [-0.15, -0.1) is 24.9 Å². The van der Waals surface area contributed by atoms with E-state index in [0.717, 1.165) is 31.4 Å². The summed E-state index contributed by atoms with van der Waals surface area (Å²) in [5.74, 6) is -1.32. The number of fused-ring (bicyclic) bond motifs is 1. The number of aliphatic hydroxyl groups excluding tert-OH is 1. The van der Waals surface area contributed by atoms with Gasteiger partial charge in [-0.2, -0.15) is 0 Å². The van der Waals surface area contributed by atoms with Crippen LogP contribution in [0.25, 0.3) is 0 Å². The van der Waals surface area contributed by atoms with Crippen molar-refractivity contribution < 1.29 is 19.5 Å². The molecule has 9 heteroatoms. The minimum absolute atomic E-state index is 0.0106. The largest absolute Gasteiger partial charge is 0.396 e. The quantitative estimate of drug-likeness (QED) is 0.201. The number of carbonyl (C=O) groups is 3. The fraction of sp³-hybridized carbons (Fsp3) is 0.594. The molecule has 1 aliphatic carbocycles. The second-order valence-corrected chi connectivity index (χ2v) is 14.5. The Labute approximate surface area is 256 Å². The number of alkyl halides is 1. The molecule has 0 radical (unpaired) electrons. The van der Waals surface area contributed by atoms with E-state index in [-0.39, 0.29) is 40.4 Å². The molecule has 3 heterocycles. The second kappa shape index (κ2) is 13.0. The molecule has 222 valence electrons. The van der Waals surface area contributed by atoms with Gasteiger partial charge >= 0.3 is 0 Å². The van der Waals surface area contributed by atoms with Crippen LogP contribution in [-0.4, -0.2) is 85.8 Å². The lowest BCUT2D eigenvalue weighted by Gasteiger charge is -2.41. The van der Waals surface area contributed by atoms with Crippen molar-refractivity contribution in [2.24, 2.45) is 11.8 Å². The van der Waals surface area contributed by atoms with Crippen molar-refractivity contribution in [3.8, 4) is 0 Å². The lowest BCUT2D eigenvalue weighted by atomic mass is 9.70. The van der Waals surface area contributed by atoms with Gasteiger partial charge in [0.2, 0.25) is 17.7 Å². The number of amides is 3. The van der Waals surface area contributed by atoms with Crippen molar-refractivity contribution >= 4 is 51.1 Å². The lowest BCUT2D eigenvalue weighted by molar-refractivity contribution is -0.144. The summed E-state index contributed by atoms with van der Waals surface area (Å²) >= 11 is 5.57. The number of benzene rings is 1. The van der Waals surface area contributed by atoms with Crippen LogP contribution in [0.4, 0.5) is 5.69 Å². The van der Waals surface area contributed by atoms with E-state index in [1.54, 1.807) is 33.7 Å². The summed E-state index contributed by atoms with van der Waals surface area (Å²) in [5.41, 5.74) is 0.776. The summed E-state index contributed by atoms with van der Waals surface area (Å²) < 4.78 is -0.683. The van der Waals surface area contributed by atoms with Crippen LogP contribution in [0.2, 0.25) is 0 Å². The average molecular weight is 645 g/mol. The van der Waals surface area contributed by atoms with E-state index in [9.17, 15) is 19.5 Å². The van der Waals surface area contributed by atoms with Gasteiger partial charge in [-0.25, -0.2) is 0 Å². The Morgan fingerprint density at radius 3 is 2.44 bits per heavy atom. The Bertz CT molecular complexity index is 1150. The van der Waals surface area contributed by atoms with Crippen LogP contribution in [0, 0.1) is 11.8 Å². The van der Waals surface area contributed by atoms with Crippen molar-refractivity contribution in [2.45, 2.75) is 78.3 Å². The summed E-state index contributed by atoms with van der Waals surface area (Å²) in [6.07, 6.45) is 10.6. The van der Waals surface area contributed by atoms with Gasteiger partial charge in [-0.3, -0.25) is 14.4 Å². The number of likely N-dealkylation sites (tertiary alicyclic amines) is 1. The Balaban J connectivity index is 1.54. The zero-order valence-electron chi connectivity index (χ0n) is 23.7. The molecular weight excluding hydrogens is 602 g/mol. The van der Waals surface area contributed by atoms with Crippen molar-refractivity contribution in [1.82, 2.24) is 9.80 Å². The molecule has 1 aromatic carbocycles. The molecule has 0 aromatic heterocycles. The summed E-state index contributed by atoms with van der Waals surface area (Å²) in [6, 6.07) is 9.04. The number of hydrogen-bond donors (Lipinski definition) is 1. The molecule has 3 aliphatic heterocycles. The van der Waals surface area contributed by atoms with E-state index < -0.39 is 22.6 Å². The normalized spacial score (nSPS) is 30.7. The van der Waals surface area contributed by atoms with Gasteiger partial charge in [-0.05, 0) is 44.2 Å². The van der Waals surface area contributed by atoms with Gasteiger partial charge in [0.15, 0.2) is 0 Å². The molecule has 4 fully saturated rings. The highest BCUT2D eigenvalue weighted by atomic mass is 79.9. The summed E-state index contributed by atoms with van der Waals surface area (Å²) in [6.45, 7) is 9.07. The van der Waals surface area contributed by atoms with Gasteiger partial charge in [0.1, 0.15) is 6.04 Å². The molecule has 3 amide bonds. The molecule has 2 bridgehead atoms. The van der Waals surface area contributed by atoms with Crippen LogP contribution in [0.3, 0.4) is 0 Å². The molecule has 1 aromatic rings. The maximum Gasteiger partial charge on any atom is 0.247 e.